The minimum Gasteiger partial charge on any atom is -0.452 e. The number of nitrogens with one attached hydrogen (secondary N) is 2. The molecule has 1 atom stereocenters. The van der Waals surface area contributed by atoms with E-state index in [0.717, 1.165) is 0 Å². The maximum atomic E-state index is 12.1. The quantitative estimate of drug-likeness (QED) is 0.650. The van der Waals surface area contributed by atoms with E-state index in [2.05, 4.69) is 10.0 Å². The van der Waals surface area contributed by atoms with Crippen LogP contribution in [0, 0.1) is 11.3 Å². The Labute approximate surface area is 163 Å². The Balaban J connectivity index is 1.80. The van der Waals surface area contributed by atoms with Gasteiger partial charge in [0, 0.05) is 12.2 Å². The number of esters is 1. The molecule has 146 valence electrons. The molecule has 0 aromatic heterocycles. The number of sulfonamides is 1. The molecule has 0 saturated heterocycles. The van der Waals surface area contributed by atoms with E-state index in [4.69, 9.17) is 10.00 Å². The molecule has 0 heterocycles. The van der Waals surface area contributed by atoms with Gasteiger partial charge >= 0.3 is 5.97 Å². The molecule has 0 bridgehead atoms. The SMILES string of the molecule is C[C@H](OC(=O)CCNS(=O)(=O)c1ccccc1)C(=O)Nc1cccc(C#N)c1. The van der Waals surface area contributed by atoms with Gasteiger partial charge in [0.15, 0.2) is 6.10 Å². The third-order valence-electron chi connectivity index (χ3n) is 3.61. The first kappa shape index (κ1) is 21.1. The second-order valence-electron chi connectivity index (χ2n) is 5.77. The number of hydrogen-bond donors (Lipinski definition) is 2. The molecule has 0 aliphatic rings. The highest BCUT2D eigenvalue weighted by molar-refractivity contribution is 7.89. The standard InChI is InChI=1S/C19H19N3O5S/c1-14(19(24)22-16-7-5-6-15(12-16)13-20)27-18(23)10-11-21-28(25,26)17-8-3-2-4-9-17/h2-9,12,14,21H,10-11H2,1H3,(H,22,24)/t14-/m0/s1. The molecule has 1 amide bonds. The first-order valence-corrected chi connectivity index (χ1v) is 9.85. The first-order chi connectivity index (χ1) is 13.3. The maximum absolute atomic E-state index is 12.1. The number of nitriles is 1. The molecular formula is C19H19N3O5S. The summed E-state index contributed by atoms with van der Waals surface area (Å²) in [6.45, 7) is 1.24. The number of anilines is 1. The van der Waals surface area contributed by atoms with E-state index >= 15 is 0 Å². The first-order valence-electron chi connectivity index (χ1n) is 8.37. The molecule has 0 radical (unpaired) electrons. The molecule has 2 aromatic rings. The molecule has 2 rings (SSSR count). The fraction of sp³-hybridized carbons (Fsp3) is 0.211. The molecule has 28 heavy (non-hydrogen) atoms. The number of hydrogen-bond acceptors (Lipinski definition) is 6. The second-order valence-corrected chi connectivity index (χ2v) is 7.54. The summed E-state index contributed by atoms with van der Waals surface area (Å²) < 4.78 is 31.4. The van der Waals surface area contributed by atoms with Crippen molar-refractivity contribution in [2.45, 2.75) is 24.3 Å². The molecule has 9 heteroatoms. The largest absolute Gasteiger partial charge is 0.452 e. The molecule has 2 N–H and O–H groups in total. The summed E-state index contributed by atoms with van der Waals surface area (Å²) in [5.41, 5.74) is 0.788. The van der Waals surface area contributed by atoms with E-state index in [1.165, 1.54) is 25.1 Å². The van der Waals surface area contributed by atoms with E-state index < -0.39 is 28.0 Å². The van der Waals surface area contributed by atoms with E-state index in [9.17, 15) is 18.0 Å². The van der Waals surface area contributed by atoms with Crippen molar-refractivity contribution in [3.63, 3.8) is 0 Å². The number of rotatable bonds is 8. The zero-order valence-electron chi connectivity index (χ0n) is 15.1. The van der Waals surface area contributed by atoms with Crippen LogP contribution in [0.25, 0.3) is 0 Å². The Morgan fingerprint density at radius 3 is 2.54 bits per heavy atom. The molecule has 8 nitrogen and oxygen atoms in total. The molecule has 0 saturated carbocycles. The van der Waals surface area contributed by atoms with Crippen molar-refractivity contribution in [2.75, 3.05) is 11.9 Å². The highest BCUT2D eigenvalue weighted by Crippen LogP contribution is 2.11. The Bertz CT molecular complexity index is 984. The summed E-state index contributed by atoms with van der Waals surface area (Å²) in [7, 11) is -3.71. The summed E-state index contributed by atoms with van der Waals surface area (Å²) in [5.74, 6) is -1.28. The number of ether oxygens (including phenoxy) is 1. The normalized spacial score (nSPS) is 11.9. The minimum atomic E-state index is -3.71. The van der Waals surface area contributed by atoms with Crippen molar-refractivity contribution < 1.29 is 22.7 Å². The van der Waals surface area contributed by atoms with Crippen molar-refractivity contribution in [3.8, 4) is 6.07 Å². The Morgan fingerprint density at radius 1 is 1.14 bits per heavy atom. The Morgan fingerprint density at radius 2 is 1.86 bits per heavy atom. The van der Waals surface area contributed by atoms with Crippen LogP contribution in [-0.2, 0) is 24.3 Å². The number of nitrogens with zero attached hydrogens (tertiary/aromatic N) is 1. The van der Waals surface area contributed by atoms with E-state index in [1.54, 1.807) is 36.4 Å². The lowest BCUT2D eigenvalue weighted by atomic mass is 10.2. The maximum Gasteiger partial charge on any atom is 0.307 e. The van der Waals surface area contributed by atoms with Crippen LogP contribution in [-0.4, -0.2) is 32.9 Å². The van der Waals surface area contributed by atoms with Gasteiger partial charge in [0.1, 0.15) is 0 Å². The Hall–Kier alpha value is -3.22. The van der Waals surface area contributed by atoms with Gasteiger partial charge in [-0.05, 0) is 37.3 Å². The van der Waals surface area contributed by atoms with Gasteiger partial charge in [0.05, 0.1) is 22.9 Å². The van der Waals surface area contributed by atoms with Gasteiger partial charge in [-0.15, -0.1) is 0 Å². The lowest BCUT2D eigenvalue weighted by Gasteiger charge is -2.14. The third-order valence-corrected chi connectivity index (χ3v) is 5.09. The monoisotopic (exact) mass is 401 g/mol. The third kappa shape index (κ3) is 6.19. The smallest absolute Gasteiger partial charge is 0.307 e. The van der Waals surface area contributed by atoms with Crippen molar-refractivity contribution in [1.82, 2.24) is 4.72 Å². The van der Waals surface area contributed by atoms with Crippen LogP contribution in [0.2, 0.25) is 0 Å². The van der Waals surface area contributed by atoms with Gasteiger partial charge in [-0.3, -0.25) is 9.59 Å². The molecule has 0 aliphatic heterocycles. The summed E-state index contributed by atoms with van der Waals surface area (Å²) in [6.07, 6.45) is -1.31. The van der Waals surface area contributed by atoms with Crippen LogP contribution in [0.15, 0.2) is 59.5 Å². The van der Waals surface area contributed by atoms with Crippen molar-refractivity contribution >= 4 is 27.6 Å². The molecule has 2 aromatic carbocycles. The van der Waals surface area contributed by atoms with Crippen LogP contribution in [0.4, 0.5) is 5.69 Å². The predicted octanol–water partition coefficient (Wildman–Crippen LogP) is 1.80. The van der Waals surface area contributed by atoms with Gasteiger partial charge in [-0.2, -0.15) is 5.26 Å². The van der Waals surface area contributed by atoms with Crippen molar-refractivity contribution in [2.24, 2.45) is 0 Å². The average Bonchev–Trinajstić information content (AvgIpc) is 2.68. The fourth-order valence-electron chi connectivity index (χ4n) is 2.19. The van der Waals surface area contributed by atoms with Crippen LogP contribution < -0.4 is 10.0 Å². The molecule has 0 unspecified atom stereocenters. The average molecular weight is 401 g/mol. The highest BCUT2D eigenvalue weighted by Gasteiger charge is 2.19. The lowest BCUT2D eigenvalue weighted by Crippen LogP contribution is -2.32. The molecule has 0 spiro atoms. The zero-order valence-corrected chi connectivity index (χ0v) is 15.9. The Kier molecular flexibility index (Phi) is 7.26. The van der Waals surface area contributed by atoms with Gasteiger partial charge in [-0.1, -0.05) is 24.3 Å². The van der Waals surface area contributed by atoms with Crippen LogP contribution in [0.1, 0.15) is 18.9 Å². The number of carbonyl (C=O) groups excluding carboxylic acids is 2. The van der Waals surface area contributed by atoms with Gasteiger partial charge in [0.2, 0.25) is 10.0 Å². The number of carbonyl (C=O) groups is 2. The lowest BCUT2D eigenvalue weighted by molar-refractivity contribution is -0.152. The van der Waals surface area contributed by atoms with E-state index in [0.29, 0.717) is 11.3 Å². The van der Waals surface area contributed by atoms with E-state index in [1.807, 2.05) is 6.07 Å². The van der Waals surface area contributed by atoms with Crippen molar-refractivity contribution in [3.05, 3.63) is 60.2 Å². The van der Waals surface area contributed by atoms with Gasteiger partial charge in [-0.25, -0.2) is 13.1 Å². The summed E-state index contributed by atoms with van der Waals surface area (Å²) in [4.78, 5) is 24.0. The van der Waals surface area contributed by atoms with Crippen LogP contribution in [0.3, 0.4) is 0 Å². The summed E-state index contributed by atoms with van der Waals surface area (Å²) in [6, 6.07) is 16.0. The zero-order chi connectivity index (χ0) is 20.6. The number of benzene rings is 2. The second kappa shape index (κ2) is 9.64. The fourth-order valence-corrected chi connectivity index (χ4v) is 3.24. The minimum absolute atomic E-state index is 0.0933. The topological polar surface area (TPSA) is 125 Å². The van der Waals surface area contributed by atoms with Crippen molar-refractivity contribution in [1.29, 1.82) is 5.26 Å². The van der Waals surface area contributed by atoms with E-state index in [-0.39, 0.29) is 17.9 Å². The molecular weight excluding hydrogens is 382 g/mol. The predicted molar refractivity (Wildman–Crippen MR) is 102 cm³/mol. The summed E-state index contributed by atoms with van der Waals surface area (Å²) >= 11 is 0. The number of amides is 1. The molecule has 0 fully saturated rings. The highest BCUT2D eigenvalue weighted by atomic mass is 32.2. The van der Waals surface area contributed by atoms with Gasteiger partial charge < -0.3 is 10.1 Å². The summed E-state index contributed by atoms with van der Waals surface area (Å²) in [5, 5.41) is 11.4. The van der Waals surface area contributed by atoms with Crippen LogP contribution in [0.5, 0.6) is 0 Å². The van der Waals surface area contributed by atoms with Crippen LogP contribution >= 0.6 is 0 Å². The molecule has 0 aliphatic carbocycles. The van der Waals surface area contributed by atoms with Gasteiger partial charge in [0.25, 0.3) is 5.91 Å².